The minimum atomic E-state index is -1.05. The second-order valence-electron chi connectivity index (χ2n) is 7.17. The zero-order valence-electron chi connectivity index (χ0n) is 17.0. The number of aliphatic hydroxyl groups is 1. The molecule has 1 fully saturated rings. The fraction of sp³-hybridized carbons (Fsp3) is 0.0833. The first-order valence-corrected chi connectivity index (χ1v) is 10.7. The molecule has 0 bridgehead atoms. The number of rotatable bonds is 4. The van der Waals surface area contributed by atoms with E-state index in [1.54, 1.807) is 0 Å². The van der Waals surface area contributed by atoms with E-state index in [1.807, 2.05) is 0 Å². The number of methoxy groups -OCH3 is 1. The Morgan fingerprint density at radius 1 is 0.939 bits per heavy atom. The van der Waals surface area contributed by atoms with Crippen molar-refractivity contribution in [1.29, 1.82) is 0 Å². The molecule has 1 saturated heterocycles. The second kappa shape index (κ2) is 9.06. The van der Waals surface area contributed by atoms with Crippen molar-refractivity contribution in [2.45, 2.75) is 6.04 Å². The van der Waals surface area contributed by atoms with E-state index in [0.717, 1.165) is 0 Å². The molecule has 0 aliphatic carbocycles. The van der Waals surface area contributed by atoms with Gasteiger partial charge in [0.25, 0.3) is 11.7 Å². The Labute approximate surface area is 203 Å². The molecule has 33 heavy (non-hydrogen) atoms. The number of hydrogen-bond acceptors (Lipinski definition) is 4. The number of carbonyl (C=O) groups excluding carboxylic acids is 2. The molecule has 1 N–H and O–H groups in total. The van der Waals surface area contributed by atoms with Gasteiger partial charge in [-0.1, -0.05) is 46.9 Å². The monoisotopic (exact) mass is 505 g/mol. The Balaban J connectivity index is 1.95. The molecule has 1 amide bonds. The van der Waals surface area contributed by atoms with Crippen LogP contribution in [-0.2, 0) is 9.59 Å². The maximum absolute atomic E-state index is 13.6. The summed E-state index contributed by atoms with van der Waals surface area (Å²) in [5.41, 5.74) is 0.732. The van der Waals surface area contributed by atoms with E-state index in [-0.39, 0.29) is 32.6 Å². The number of Topliss-reactive ketones (excluding diaryl/α,β-unsaturated/α-hetero) is 1. The fourth-order valence-corrected chi connectivity index (χ4v) is 4.14. The van der Waals surface area contributed by atoms with Gasteiger partial charge in [0, 0.05) is 11.3 Å². The second-order valence-corrected chi connectivity index (χ2v) is 8.39. The molecule has 3 aromatic carbocycles. The summed E-state index contributed by atoms with van der Waals surface area (Å²) >= 11 is 18.2. The zero-order chi connectivity index (χ0) is 23.9. The van der Waals surface area contributed by atoms with Crippen molar-refractivity contribution in [3.63, 3.8) is 0 Å². The third kappa shape index (κ3) is 4.17. The van der Waals surface area contributed by atoms with Gasteiger partial charge in [-0.25, -0.2) is 4.39 Å². The zero-order valence-corrected chi connectivity index (χ0v) is 19.2. The molecule has 1 aliphatic rings. The summed E-state index contributed by atoms with van der Waals surface area (Å²) < 4.78 is 18.8. The van der Waals surface area contributed by atoms with E-state index >= 15 is 0 Å². The molecule has 0 radical (unpaired) electrons. The van der Waals surface area contributed by atoms with Crippen molar-refractivity contribution in [2.75, 3.05) is 12.0 Å². The van der Waals surface area contributed by atoms with Crippen molar-refractivity contribution in [1.82, 2.24) is 0 Å². The maximum Gasteiger partial charge on any atom is 0.300 e. The average molecular weight is 507 g/mol. The lowest BCUT2D eigenvalue weighted by atomic mass is 9.95. The van der Waals surface area contributed by atoms with Gasteiger partial charge in [-0.3, -0.25) is 14.5 Å². The number of ketones is 1. The van der Waals surface area contributed by atoms with Crippen LogP contribution in [0.4, 0.5) is 10.1 Å². The van der Waals surface area contributed by atoms with E-state index in [9.17, 15) is 19.1 Å². The summed E-state index contributed by atoms with van der Waals surface area (Å²) in [5, 5.41) is 11.9. The van der Waals surface area contributed by atoms with Crippen LogP contribution in [0.2, 0.25) is 15.1 Å². The van der Waals surface area contributed by atoms with Gasteiger partial charge < -0.3 is 9.84 Å². The van der Waals surface area contributed by atoms with E-state index in [1.165, 1.54) is 72.7 Å². The largest absolute Gasteiger partial charge is 0.507 e. The van der Waals surface area contributed by atoms with Crippen LogP contribution in [-0.4, -0.2) is 23.9 Å². The van der Waals surface area contributed by atoms with Gasteiger partial charge in [-0.2, -0.15) is 0 Å². The molecule has 1 aliphatic heterocycles. The van der Waals surface area contributed by atoms with Gasteiger partial charge in [0.1, 0.15) is 17.3 Å². The van der Waals surface area contributed by atoms with Gasteiger partial charge in [0.15, 0.2) is 0 Å². The van der Waals surface area contributed by atoms with Crippen LogP contribution in [0, 0.1) is 5.82 Å². The number of halogens is 4. The first-order chi connectivity index (χ1) is 15.7. The van der Waals surface area contributed by atoms with E-state index < -0.39 is 29.3 Å². The molecule has 0 saturated carbocycles. The Morgan fingerprint density at radius 3 is 2.24 bits per heavy atom. The normalized spacial score (nSPS) is 17.5. The van der Waals surface area contributed by atoms with Crippen molar-refractivity contribution < 1.29 is 23.8 Å². The van der Waals surface area contributed by atoms with Crippen LogP contribution in [0.5, 0.6) is 5.75 Å². The highest BCUT2D eigenvalue weighted by atomic mass is 35.5. The molecule has 5 nitrogen and oxygen atoms in total. The van der Waals surface area contributed by atoms with Crippen LogP contribution in [0.15, 0.2) is 66.2 Å². The Morgan fingerprint density at radius 2 is 1.61 bits per heavy atom. The predicted octanol–water partition coefficient (Wildman–Crippen LogP) is 6.42. The van der Waals surface area contributed by atoms with E-state index in [2.05, 4.69) is 0 Å². The number of aliphatic hydroxyl groups excluding tert-OH is 1. The number of carbonyl (C=O) groups is 2. The summed E-state index contributed by atoms with van der Waals surface area (Å²) in [4.78, 5) is 27.4. The number of nitrogens with zero attached hydrogens (tertiary/aromatic N) is 1. The lowest BCUT2D eigenvalue weighted by molar-refractivity contribution is -0.132. The van der Waals surface area contributed by atoms with E-state index in [0.29, 0.717) is 10.6 Å². The summed E-state index contributed by atoms with van der Waals surface area (Å²) in [6.45, 7) is 0. The van der Waals surface area contributed by atoms with Gasteiger partial charge in [0.2, 0.25) is 0 Å². The molecular formula is C24H15Cl3FNO4. The summed E-state index contributed by atoms with van der Waals surface area (Å²) in [6, 6.07) is 13.1. The third-order valence-electron chi connectivity index (χ3n) is 5.24. The van der Waals surface area contributed by atoms with Gasteiger partial charge >= 0.3 is 0 Å². The number of benzene rings is 3. The molecule has 1 heterocycles. The number of anilines is 1. The van der Waals surface area contributed by atoms with Crippen molar-refractivity contribution >= 4 is 57.9 Å². The molecule has 4 rings (SSSR count). The van der Waals surface area contributed by atoms with Crippen molar-refractivity contribution in [3.05, 3.63) is 98.2 Å². The molecule has 9 heteroatoms. The highest BCUT2D eigenvalue weighted by Gasteiger charge is 2.47. The first-order valence-electron chi connectivity index (χ1n) is 9.58. The van der Waals surface area contributed by atoms with Crippen LogP contribution >= 0.6 is 34.8 Å². The van der Waals surface area contributed by atoms with Crippen LogP contribution < -0.4 is 9.64 Å². The lowest BCUT2D eigenvalue weighted by Gasteiger charge is -2.25. The fourth-order valence-electron chi connectivity index (χ4n) is 3.66. The highest BCUT2D eigenvalue weighted by molar-refractivity contribution is 6.52. The Hall–Kier alpha value is -3.06. The molecule has 1 unspecified atom stereocenters. The standard InChI is InChI=1S/C24H15Cl3FNO4/c1-33-19-10-13(4-8-17(19)26)22(30)20-21(12-2-5-14(28)6-3-12)29(24(32)23(20)31)15-7-9-16(25)18(27)11-15/h2-11,21,30H,1H3/b22-20+. The Bertz CT molecular complexity index is 1310. The molecule has 168 valence electrons. The minimum Gasteiger partial charge on any atom is -0.507 e. The van der Waals surface area contributed by atoms with Crippen LogP contribution in [0.25, 0.3) is 5.76 Å². The minimum absolute atomic E-state index is 0.177. The lowest BCUT2D eigenvalue weighted by Crippen LogP contribution is -2.29. The van der Waals surface area contributed by atoms with Crippen LogP contribution in [0.1, 0.15) is 17.2 Å². The third-order valence-corrected chi connectivity index (χ3v) is 6.29. The summed E-state index contributed by atoms with van der Waals surface area (Å²) in [7, 11) is 1.41. The number of ether oxygens (including phenoxy) is 1. The number of hydrogen-bond donors (Lipinski definition) is 1. The van der Waals surface area contributed by atoms with Crippen LogP contribution in [0.3, 0.4) is 0 Å². The molecule has 0 aromatic heterocycles. The van der Waals surface area contributed by atoms with Gasteiger partial charge in [0.05, 0.1) is 33.8 Å². The van der Waals surface area contributed by atoms with E-state index in [4.69, 9.17) is 39.5 Å². The van der Waals surface area contributed by atoms with Crippen molar-refractivity contribution in [2.24, 2.45) is 0 Å². The maximum atomic E-state index is 13.6. The molecule has 0 spiro atoms. The SMILES string of the molecule is COc1cc(/C(O)=C2\C(=O)C(=O)N(c3ccc(Cl)c(Cl)c3)C2c2ccc(F)cc2)ccc1Cl. The van der Waals surface area contributed by atoms with Gasteiger partial charge in [-0.05, 0) is 54.1 Å². The quantitative estimate of drug-likeness (QED) is 0.252. The molecule has 3 aromatic rings. The predicted molar refractivity (Wildman–Crippen MR) is 126 cm³/mol. The Kier molecular flexibility index (Phi) is 6.34. The summed E-state index contributed by atoms with van der Waals surface area (Å²) in [5.74, 6) is -2.45. The highest BCUT2D eigenvalue weighted by Crippen LogP contribution is 2.43. The molecule has 1 atom stereocenters. The summed E-state index contributed by atoms with van der Waals surface area (Å²) in [6.07, 6.45) is 0. The first kappa shape index (κ1) is 23.1. The van der Waals surface area contributed by atoms with Crippen molar-refractivity contribution in [3.8, 4) is 5.75 Å². The number of amides is 1. The van der Waals surface area contributed by atoms with Gasteiger partial charge in [-0.15, -0.1) is 0 Å². The molecular weight excluding hydrogens is 492 g/mol. The average Bonchev–Trinajstić information content (AvgIpc) is 3.06. The topological polar surface area (TPSA) is 66.8 Å². The smallest absolute Gasteiger partial charge is 0.300 e.